The van der Waals surface area contributed by atoms with E-state index in [0.29, 0.717) is 12.5 Å². The van der Waals surface area contributed by atoms with Crippen molar-refractivity contribution >= 4 is 6.09 Å². The average Bonchev–Trinajstić information content (AvgIpc) is 2.39. The summed E-state index contributed by atoms with van der Waals surface area (Å²) in [6.45, 7) is 3.57. The van der Waals surface area contributed by atoms with Crippen molar-refractivity contribution in [3.63, 3.8) is 0 Å². The van der Waals surface area contributed by atoms with E-state index in [1.807, 2.05) is 12.3 Å². The predicted molar refractivity (Wildman–Crippen MR) is 68.3 cm³/mol. The van der Waals surface area contributed by atoms with E-state index in [0.717, 1.165) is 32.5 Å². The van der Waals surface area contributed by atoms with E-state index in [1.165, 1.54) is 5.56 Å². The van der Waals surface area contributed by atoms with Crippen molar-refractivity contribution in [1.29, 1.82) is 0 Å². The van der Waals surface area contributed by atoms with Crippen molar-refractivity contribution in [2.24, 2.45) is 5.92 Å². The van der Waals surface area contributed by atoms with Crippen LogP contribution in [-0.4, -0.2) is 40.7 Å². The molecule has 0 saturated carbocycles. The number of nitrogens with one attached hydrogen (secondary N) is 1. The van der Waals surface area contributed by atoms with E-state index in [2.05, 4.69) is 21.3 Å². The normalized spacial score (nSPS) is 17.6. The van der Waals surface area contributed by atoms with E-state index in [9.17, 15) is 4.79 Å². The standard InChI is InChI=1S/C13H19N3O2/c17-13(18)15-9-11-3-6-16(7-4-11)10-12-2-1-5-14-8-12/h1-2,5,8,11,15H,3-4,6-7,9-10H2,(H,17,18). The van der Waals surface area contributed by atoms with Gasteiger partial charge in [0.05, 0.1) is 0 Å². The van der Waals surface area contributed by atoms with Crippen molar-refractivity contribution < 1.29 is 9.90 Å². The topological polar surface area (TPSA) is 65.5 Å². The van der Waals surface area contributed by atoms with Crippen LogP contribution in [0.15, 0.2) is 24.5 Å². The van der Waals surface area contributed by atoms with Gasteiger partial charge < -0.3 is 10.4 Å². The summed E-state index contributed by atoms with van der Waals surface area (Å²) in [5.74, 6) is 0.478. The van der Waals surface area contributed by atoms with Gasteiger partial charge in [-0.1, -0.05) is 6.07 Å². The van der Waals surface area contributed by atoms with Crippen LogP contribution in [0.3, 0.4) is 0 Å². The molecule has 2 N–H and O–H groups in total. The molecule has 18 heavy (non-hydrogen) atoms. The Labute approximate surface area is 107 Å². The molecule has 1 amide bonds. The Morgan fingerprint density at radius 2 is 2.28 bits per heavy atom. The third-order valence-corrected chi connectivity index (χ3v) is 3.38. The molecule has 1 aliphatic rings. The van der Waals surface area contributed by atoms with Crippen molar-refractivity contribution in [2.45, 2.75) is 19.4 Å². The second-order valence-electron chi connectivity index (χ2n) is 4.77. The van der Waals surface area contributed by atoms with E-state index in [1.54, 1.807) is 6.20 Å². The minimum Gasteiger partial charge on any atom is -0.465 e. The Balaban J connectivity index is 1.72. The van der Waals surface area contributed by atoms with Crippen LogP contribution in [0.4, 0.5) is 4.79 Å². The van der Waals surface area contributed by atoms with Crippen LogP contribution in [-0.2, 0) is 6.54 Å². The van der Waals surface area contributed by atoms with E-state index in [4.69, 9.17) is 5.11 Å². The number of amides is 1. The number of likely N-dealkylation sites (tertiary alicyclic amines) is 1. The number of carbonyl (C=O) groups is 1. The zero-order chi connectivity index (χ0) is 12.8. The summed E-state index contributed by atoms with van der Waals surface area (Å²) in [6, 6.07) is 4.05. The fourth-order valence-electron chi connectivity index (χ4n) is 2.33. The highest BCUT2D eigenvalue weighted by Gasteiger charge is 2.19. The molecule has 5 heteroatoms. The molecule has 2 heterocycles. The number of hydrogen-bond donors (Lipinski definition) is 2. The summed E-state index contributed by atoms with van der Waals surface area (Å²) in [5, 5.41) is 11.0. The zero-order valence-corrected chi connectivity index (χ0v) is 10.4. The highest BCUT2D eigenvalue weighted by molar-refractivity contribution is 5.64. The van der Waals surface area contributed by atoms with E-state index < -0.39 is 6.09 Å². The molecule has 1 aliphatic heterocycles. The van der Waals surface area contributed by atoms with Gasteiger partial charge in [-0.3, -0.25) is 9.88 Å². The maximum absolute atomic E-state index is 10.4. The third-order valence-electron chi connectivity index (χ3n) is 3.38. The molecule has 1 fully saturated rings. The number of carboxylic acid groups (broad SMARTS) is 1. The number of piperidine rings is 1. The molecule has 0 aliphatic carbocycles. The van der Waals surface area contributed by atoms with Gasteiger partial charge in [0.1, 0.15) is 0 Å². The second kappa shape index (κ2) is 6.35. The Morgan fingerprint density at radius 1 is 1.50 bits per heavy atom. The first-order valence-corrected chi connectivity index (χ1v) is 6.32. The number of rotatable bonds is 4. The Morgan fingerprint density at radius 3 is 2.89 bits per heavy atom. The third kappa shape index (κ3) is 4.00. The SMILES string of the molecule is O=C(O)NCC1CCN(Cc2cccnc2)CC1. The molecule has 0 radical (unpaired) electrons. The summed E-state index contributed by atoms with van der Waals surface area (Å²) < 4.78 is 0. The van der Waals surface area contributed by atoms with Gasteiger partial charge in [0.25, 0.3) is 0 Å². The van der Waals surface area contributed by atoms with Crippen LogP contribution in [0.1, 0.15) is 18.4 Å². The van der Waals surface area contributed by atoms with Gasteiger partial charge in [-0.2, -0.15) is 0 Å². The molecule has 1 aromatic heterocycles. The number of hydrogen-bond acceptors (Lipinski definition) is 3. The molecule has 0 atom stereocenters. The maximum Gasteiger partial charge on any atom is 0.404 e. The summed E-state index contributed by atoms with van der Waals surface area (Å²) in [6.07, 6.45) is 4.87. The Hall–Kier alpha value is -1.62. The fraction of sp³-hybridized carbons (Fsp3) is 0.538. The van der Waals surface area contributed by atoms with Crippen molar-refractivity contribution in [2.75, 3.05) is 19.6 Å². The molecule has 0 bridgehead atoms. The first-order chi connectivity index (χ1) is 8.74. The van der Waals surface area contributed by atoms with Crippen LogP contribution in [0.5, 0.6) is 0 Å². The second-order valence-corrected chi connectivity index (χ2v) is 4.77. The van der Waals surface area contributed by atoms with Crippen LogP contribution in [0.25, 0.3) is 0 Å². The first kappa shape index (κ1) is 12.8. The van der Waals surface area contributed by atoms with Gasteiger partial charge in [-0.25, -0.2) is 4.79 Å². The summed E-state index contributed by atoms with van der Waals surface area (Å²) in [7, 11) is 0. The van der Waals surface area contributed by atoms with Gasteiger partial charge in [0, 0.05) is 25.5 Å². The smallest absolute Gasteiger partial charge is 0.404 e. The van der Waals surface area contributed by atoms with Crippen molar-refractivity contribution in [3.8, 4) is 0 Å². The minimum absolute atomic E-state index is 0.478. The zero-order valence-electron chi connectivity index (χ0n) is 10.4. The predicted octanol–water partition coefficient (Wildman–Crippen LogP) is 1.56. The van der Waals surface area contributed by atoms with Gasteiger partial charge in [-0.05, 0) is 43.5 Å². The quantitative estimate of drug-likeness (QED) is 0.850. The number of nitrogens with zero attached hydrogens (tertiary/aromatic N) is 2. The molecule has 5 nitrogen and oxygen atoms in total. The van der Waals surface area contributed by atoms with Gasteiger partial charge in [0.2, 0.25) is 0 Å². The fourth-order valence-corrected chi connectivity index (χ4v) is 2.33. The lowest BCUT2D eigenvalue weighted by atomic mass is 9.96. The van der Waals surface area contributed by atoms with Gasteiger partial charge in [-0.15, -0.1) is 0 Å². The first-order valence-electron chi connectivity index (χ1n) is 6.32. The number of pyridine rings is 1. The van der Waals surface area contributed by atoms with Crippen LogP contribution < -0.4 is 5.32 Å². The molecule has 1 saturated heterocycles. The van der Waals surface area contributed by atoms with Crippen molar-refractivity contribution in [1.82, 2.24) is 15.2 Å². The lowest BCUT2D eigenvalue weighted by Crippen LogP contribution is -2.38. The molecule has 1 aromatic rings. The highest BCUT2D eigenvalue weighted by Crippen LogP contribution is 2.18. The summed E-state index contributed by atoms with van der Waals surface area (Å²) in [4.78, 5) is 16.9. The Kier molecular flexibility index (Phi) is 4.52. The van der Waals surface area contributed by atoms with Gasteiger partial charge in [0.15, 0.2) is 0 Å². The lowest BCUT2D eigenvalue weighted by molar-refractivity contribution is 0.166. The molecular formula is C13H19N3O2. The molecular weight excluding hydrogens is 230 g/mol. The van der Waals surface area contributed by atoms with E-state index >= 15 is 0 Å². The molecule has 98 valence electrons. The molecule has 0 aromatic carbocycles. The maximum atomic E-state index is 10.4. The largest absolute Gasteiger partial charge is 0.465 e. The molecule has 2 rings (SSSR count). The van der Waals surface area contributed by atoms with E-state index in [-0.39, 0.29) is 0 Å². The average molecular weight is 249 g/mol. The number of aromatic nitrogens is 1. The lowest BCUT2D eigenvalue weighted by Gasteiger charge is -2.31. The monoisotopic (exact) mass is 249 g/mol. The summed E-state index contributed by atoms with van der Waals surface area (Å²) >= 11 is 0. The van der Waals surface area contributed by atoms with Crippen LogP contribution in [0.2, 0.25) is 0 Å². The summed E-state index contributed by atoms with van der Waals surface area (Å²) in [5.41, 5.74) is 1.24. The minimum atomic E-state index is -0.923. The van der Waals surface area contributed by atoms with Crippen LogP contribution >= 0.6 is 0 Å². The van der Waals surface area contributed by atoms with Crippen LogP contribution in [0, 0.1) is 5.92 Å². The highest BCUT2D eigenvalue weighted by atomic mass is 16.4. The van der Waals surface area contributed by atoms with Gasteiger partial charge >= 0.3 is 6.09 Å². The molecule has 0 unspecified atom stereocenters. The Bertz CT molecular complexity index is 375. The molecule has 0 spiro atoms. The van der Waals surface area contributed by atoms with Crippen molar-refractivity contribution in [3.05, 3.63) is 30.1 Å².